The lowest BCUT2D eigenvalue weighted by Gasteiger charge is -2.18. The van der Waals surface area contributed by atoms with E-state index in [9.17, 15) is 13.2 Å². The molecule has 1 heterocycles. The highest BCUT2D eigenvalue weighted by Gasteiger charge is 2.26. The Morgan fingerprint density at radius 1 is 1.23 bits per heavy atom. The highest BCUT2D eigenvalue weighted by atomic mass is 32.2. The summed E-state index contributed by atoms with van der Waals surface area (Å²) < 4.78 is 29.8. The molecule has 1 aliphatic heterocycles. The molecular formula is C15H18N2O4S. The van der Waals surface area contributed by atoms with Gasteiger partial charge in [-0.3, -0.25) is 10.2 Å². The summed E-state index contributed by atoms with van der Waals surface area (Å²) in [5.41, 5.74) is 4.28. The molecule has 1 aromatic carbocycles. The van der Waals surface area contributed by atoms with E-state index >= 15 is 0 Å². The summed E-state index contributed by atoms with van der Waals surface area (Å²) in [5.74, 6) is -0.446. The smallest absolute Gasteiger partial charge is 0.264 e. The molecule has 1 aromatic rings. The van der Waals surface area contributed by atoms with Crippen LogP contribution in [-0.4, -0.2) is 27.0 Å². The minimum absolute atomic E-state index is 0.277. The van der Waals surface area contributed by atoms with E-state index in [1.165, 1.54) is 0 Å². The van der Waals surface area contributed by atoms with Gasteiger partial charge in [-0.25, -0.2) is 8.42 Å². The lowest BCUT2D eigenvalue weighted by Crippen LogP contribution is -2.46. The molecule has 3 rings (SSSR count). The van der Waals surface area contributed by atoms with Gasteiger partial charge in [0.05, 0.1) is 4.91 Å². The van der Waals surface area contributed by atoms with Crippen LogP contribution in [0.3, 0.4) is 0 Å². The molecule has 2 N–H and O–H groups in total. The zero-order chi connectivity index (χ0) is 15.6. The monoisotopic (exact) mass is 322 g/mol. The molecule has 0 bridgehead atoms. The number of hydrazine groups is 1. The van der Waals surface area contributed by atoms with Crippen LogP contribution in [0.5, 0.6) is 0 Å². The maximum atomic E-state index is 12.3. The number of aryl methyl sites for hydroxylation is 1. The van der Waals surface area contributed by atoms with Crippen LogP contribution >= 0.6 is 0 Å². The quantitative estimate of drug-likeness (QED) is 0.813. The molecule has 0 spiro atoms. The van der Waals surface area contributed by atoms with Crippen LogP contribution in [0.1, 0.15) is 30.4 Å². The van der Waals surface area contributed by atoms with Crippen LogP contribution in [0, 0.1) is 0 Å². The van der Waals surface area contributed by atoms with Crippen LogP contribution in [0.2, 0.25) is 0 Å². The van der Waals surface area contributed by atoms with Gasteiger partial charge in [0.1, 0.15) is 6.10 Å². The van der Waals surface area contributed by atoms with Crippen molar-refractivity contribution in [2.45, 2.75) is 31.8 Å². The van der Waals surface area contributed by atoms with Gasteiger partial charge in [-0.1, -0.05) is 24.3 Å². The molecule has 0 saturated carbocycles. The van der Waals surface area contributed by atoms with Gasteiger partial charge >= 0.3 is 0 Å². The molecule has 1 saturated heterocycles. The first-order valence-electron chi connectivity index (χ1n) is 7.28. The van der Waals surface area contributed by atoms with E-state index in [4.69, 9.17) is 4.74 Å². The normalized spacial score (nSPS) is 21.1. The predicted molar refractivity (Wildman–Crippen MR) is 81.9 cm³/mol. The Labute approximate surface area is 129 Å². The Hall–Kier alpha value is -1.70. The van der Waals surface area contributed by atoms with E-state index in [2.05, 4.69) is 10.3 Å². The number of benzene rings is 1. The van der Waals surface area contributed by atoms with Gasteiger partial charge in [0.2, 0.25) is 0 Å². The molecular weight excluding hydrogens is 304 g/mol. The van der Waals surface area contributed by atoms with Gasteiger partial charge in [0, 0.05) is 6.61 Å². The van der Waals surface area contributed by atoms with Crippen LogP contribution in [0.15, 0.2) is 29.2 Å². The first-order chi connectivity index (χ1) is 10.6. The second-order valence-electron chi connectivity index (χ2n) is 5.41. The number of hydrogen-bond donors (Lipinski definition) is 2. The Kier molecular flexibility index (Phi) is 4.28. The van der Waals surface area contributed by atoms with Crippen LogP contribution in [0.25, 0.3) is 6.08 Å². The van der Waals surface area contributed by atoms with Crippen molar-refractivity contribution in [2.24, 2.45) is 0 Å². The molecule has 1 amide bonds. The van der Waals surface area contributed by atoms with E-state index in [1.807, 2.05) is 24.3 Å². The number of sulfonamides is 1. The van der Waals surface area contributed by atoms with Gasteiger partial charge in [0.25, 0.3) is 15.9 Å². The van der Waals surface area contributed by atoms with E-state index in [-0.39, 0.29) is 4.91 Å². The van der Waals surface area contributed by atoms with Crippen molar-refractivity contribution in [3.8, 4) is 0 Å². The fraction of sp³-hybridized carbons (Fsp3) is 0.400. The van der Waals surface area contributed by atoms with E-state index in [1.54, 1.807) is 6.08 Å². The van der Waals surface area contributed by atoms with Crippen molar-refractivity contribution >= 4 is 22.0 Å². The van der Waals surface area contributed by atoms with Crippen molar-refractivity contribution < 1.29 is 17.9 Å². The molecule has 1 fully saturated rings. The third kappa shape index (κ3) is 3.21. The fourth-order valence-electron chi connectivity index (χ4n) is 2.67. The second kappa shape index (κ2) is 6.20. The summed E-state index contributed by atoms with van der Waals surface area (Å²) in [6.45, 7) is 0.534. The van der Waals surface area contributed by atoms with Crippen molar-refractivity contribution in [2.75, 3.05) is 6.61 Å². The number of ether oxygens (including phenoxy) is 1. The minimum atomic E-state index is -3.73. The molecule has 1 unspecified atom stereocenters. The molecule has 118 valence electrons. The van der Waals surface area contributed by atoms with Gasteiger partial charge in [-0.15, -0.1) is 4.83 Å². The zero-order valence-electron chi connectivity index (χ0n) is 12.0. The minimum Gasteiger partial charge on any atom is -0.368 e. The average molecular weight is 322 g/mol. The maximum Gasteiger partial charge on any atom is 0.264 e. The van der Waals surface area contributed by atoms with Crippen LogP contribution < -0.4 is 10.3 Å². The number of carbonyl (C=O) groups excluding carboxylic acids is 1. The predicted octanol–water partition coefficient (Wildman–Crippen LogP) is 1.10. The van der Waals surface area contributed by atoms with Crippen molar-refractivity contribution in [1.29, 1.82) is 0 Å². The lowest BCUT2D eigenvalue weighted by molar-refractivity contribution is -0.130. The maximum absolute atomic E-state index is 12.3. The standard InChI is InChI=1S/C15H18N2O4S/c18-15(14-6-3-9-21-14)16-17-22(19,20)13-8-7-11-4-1-2-5-12(11)10-13/h1-2,4-5,10,14,17H,3,6-9H2,(H,16,18). The van der Waals surface area contributed by atoms with Crippen molar-refractivity contribution in [1.82, 2.24) is 10.3 Å². The van der Waals surface area contributed by atoms with Gasteiger partial charge in [-0.2, -0.15) is 0 Å². The fourth-order valence-corrected chi connectivity index (χ4v) is 3.69. The van der Waals surface area contributed by atoms with Gasteiger partial charge in [-0.05, 0) is 42.9 Å². The summed E-state index contributed by atoms with van der Waals surface area (Å²) in [5, 5.41) is 0. The van der Waals surface area contributed by atoms with E-state index in [0.717, 1.165) is 17.5 Å². The highest BCUT2D eigenvalue weighted by Crippen LogP contribution is 2.26. The number of allylic oxidation sites excluding steroid dienone is 1. The van der Waals surface area contributed by atoms with Crippen LogP contribution in [0.4, 0.5) is 0 Å². The molecule has 6 nitrogen and oxygen atoms in total. The zero-order valence-corrected chi connectivity index (χ0v) is 12.9. The summed E-state index contributed by atoms with van der Waals surface area (Å²) in [6, 6.07) is 7.68. The Morgan fingerprint density at radius 2 is 2.05 bits per heavy atom. The van der Waals surface area contributed by atoms with Crippen molar-refractivity contribution in [3.63, 3.8) is 0 Å². The Bertz CT molecular complexity index is 706. The Morgan fingerprint density at radius 3 is 2.82 bits per heavy atom. The molecule has 1 atom stereocenters. The number of rotatable bonds is 4. The number of nitrogens with one attached hydrogen (secondary N) is 2. The van der Waals surface area contributed by atoms with E-state index in [0.29, 0.717) is 25.9 Å². The summed E-state index contributed by atoms with van der Waals surface area (Å²) in [7, 11) is -3.73. The first-order valence-corrected chi connectivity index (χ1v) is 8.76. The molecule has 1 aliphatic carbocycles. The molecule has 2 aliphatic rings. The molecule has 22 heavy (non-hydrogen) atoms. The molecule has 7 heteroatoms. The summed E-state index contributed by atoms with van der Waals surface area (Å²) in [6.07, 6.45) is 3.60. The average Bonchev–Trinajstić information content (AvgIpc) is 3.07. The first kappa shape index (κ1) is 15.2. The highest BCUT2D eigenvalue weighted by molar-refractivity contribution is 7.93. The second-order valence-corrected chi connectivity index (χ2v) is 7.14. The topological polar surface area (TPSA) is 84.5 Å². The molecule has 0 aromatic heterocycles. The number of amides is 1. The number of carbonyl (C=O) groups is 1. The van der Waals surface area contributed by atoms with Crippen molar-refractivity contribution in [3.05, 3.63) is 40.3 Å². The SMILES string of the molecule is O=C(NNS(=O)(=O)C1=Cc2ccccc2CC1)C1CCCO1. The lowest BCUT2D eigenvalue weighted by atomic mass is 9.98. The Balaban J connectivity index is 1.68. The third-order valence-corrected chi connectivity index (χ3v) is 5.27. The summed E-state index contributed by atoms with van der Waals surface area (Å²) >= 11 is 0. The number of hydrogen-bond acceptors (Lipinski definition) is 4. The number of fused-ring (bicyclic) bond motifs is 1. The van der Waals surface area contributed by atoms with E-state index < -0.39 is 22.0 Å². The van der Waals surface area contributed by atoms with Gasteiger partial charge in [0.15, 0.2) is 0 Å². The largest absolute Gasteiger partial charge is 0.368 e. The van der Waals surface area contributed by atoms with Gasteiger partial charge < -0.3 is 4.74 Å². The summed E-state index contributed by atoms with van der Waals surface area (Å²) in [4.78, 5) is 14.2. The van der Waals surface area contributed by atoms with Crippen LogP contribution in [-0.2, 0) is 26.0 Å². The third-order valence-electron chi connectivity index (χ3n) is 3.89. The molecule has 0 radical (unpaired) electrons.